The molecule has 1 aromatic heterocycles. The highest BCUT2D eigenvalue weighted by molar-refractivity contribution is 6.28. The molecular weight excluding hydrogens is 246 g/mol. The van der Waals surface area contributed by atoms with E-state index in [1.54, 1.807) is 6.20 Å². The normalized spacial score (nSPS) is 15.1. The van der Waals surface area contributed by atoms with Crippen LogP contribution in [0.15, 0.2) is 36.5 Å². The molecule has 2 heterocycles. The van der Waals surface area contributed by atoms with Crippen molar-refractivity contribution in [1.82, 2.24) is 9.97 Å². The fourth-order valence-corrected chi connectivity index (χ4v) is 2.55. The van der Waals surface area contributed by atoms with Crippen LogP contribution in [0.3, 0.4) is 0 Å². The highest BCUT2D eigenvalue weighted by Crippen LogP contribution is 2.31. The average molecular weight is 260 g/mol. The van der Waals surface area contributed by atoms with Crippen molar-refractivity contribution in [3.05, 3.63) is 47.4 Å². The second kappa shape index (κ2) is 4.94. The predicted molar refractivity (Wildman–Crippen MR) is 73.4 cm³/mol. The highest BCUT2D eigenvalue weighted by atomic mass is 35.5. The van der Waals surface area contributed by atoms with Gasteiger partial charge < -0.3 is 4.90 Å². The Bertz CT molecular complexity index is 556. The number of hydrogen-bond acceptors (Lipinski definition) is 3. The van der Waals surface area contributed by atoms with E-state index in [1.807, 2.05) is 6.07 Å². The molecule has 1 aliphatic heterocycles. The Kier molecular flexibility index (Phi) is 3.15. The van der Waals surface area contributed by atoms with Crippen LogP contribution in [0.25, 0.3) is 0 Å². The Labute approximate surface area is 111 Å². The van der Waals surface area contributed by atoms with E-state index in [2.05, 4.69) is 39.1 Å². The molecule has 3 rings (SSSR count). The minimum absolute atomic E-state index is 0.300. The lowest BCUT2D eigenvalue weighted by Crippen LogP contribution is -2.19. The Morgan fingerprint density at radius 1 is 1.11 bits per heavy atom. The standard InChI is InChI=1S/C14H14ClN3/c15-14-16-9-8-13(17-14)18-10-4-3-6-11-5-1-2-7-12(11)18/h1-2,5,7-9H,3-4,6,10H2. The Balaban J connectivity index is 2.06. The van der Waals surface area contributed by atoms with Crippen molar-refractivity contribution in [2.75, 3.05) is 11.4 Å². The fraction of sp³-hybridized carbons (Fsp3) is 0.286. The third kappa shape index (κ3) is 2.18. The van der Waals surface area contributed by atoms with Gasteiger partial charge in [-0.25, -0.2) is 9.97 Å². The van der Waals surface area contributed by atoms with Crippen molar-refractivity contribution in [3.8, 4) is 0 Å². The average Bonchev–Trinajstić information content (AvgIpc) is 2.61. The van der Waals surface area contributed by atoms with Crippen LogP contribution in [-0.4, -0.2) is 16.5 Å². The molecule has 0 spiro atoms. The van der Waals surface area contributed by atoms with Crippen molar-refractivity contribution < 1.29 is 0 Å². The number of benzene rings is 1. The van der Waals surface area contributed by atoms with Crippen molar-refractivity contribution >= 4 is 23.1 Å². The number of halogens is 1. The number of hydrogen-bond donors (Lipinski definition) is 0. The zero-order valence-corrected chi connectivity index (χ0v) is 10.8. The Morgan fingerprint density at radius 3 is 2.89 bits per heavy atom. The second-order valence-electron chi connectivity index (χ2n) is 4.42. The van der Waals surface area contributed by atoms with E-state index >= 15 is 0 Å². The second-order valence-corrected chi connectivity index (χ2v) is 4.76. The van der Waals surface area contributed by atoms with Gasteiger partial charge >= 0.3 is 0 Å². The van der Waals surface area contributed by atoms with Gasteiger partial charge in [0.1, 0.15) is 5.82 Å². The van der Waals surface area contributed by atoms with Crippen LogP contribution >= 0.6 is 11.6 Å². The van der Waals surface area contributed by atoms with Crippen molar-refractivity contribution in [2.24, 2.45) is 0 Å². The number of rotatable bonds is 1. The first-order valence-electron chi connectivity index (χ1n) is 6.18. The molecule has 1 aromatic carbocycles. The van der Waals surface area contributed by atoms with Crippen LogP contribution in [0.2, 0.25) is 5.28 Å². The van der Waals surface area contributed by atoms with Crippen LogP contribution in [0.5, 0.6) is 0 Å². The zero-order valence-electron chi connectivity index (χ0n) is 10.0. The van der Waals surface area contributed by atoms with E-state index in [0.717, 1.165) is 25.2 Å². The summed E-state index contributed by atoms with van der Waals surface area (Å²) in [6.45, 7) is 0.977. The highest BCUT2D eigenvalue weighted by Gasteiger charge is 2.17. The first kappa shape index (κ1) is 11.5. The molecule has 3 nitrogen and oxygen atoms in total. The molecule has 0 amide bonds. The minimum atomic E-state index is 0.300. The van der Waals surface area contributed by atoms with Crippen LogP contribution in [0.1, 0.15) is 18.4 Å². The molecule has 1 aliphatic rings. The Morgan fingerprint density at radius 2 is 2.00 bits per heavy atom. The topological polar surface area (TPSA) is 29.0 Å². The van der Waals surface area contributed by atoms with E-state index in [9.17, 15) is 0 Å². The number of nitrogens with zero attached hydrogens (tertiary/aromatic N) is 3. The molecular formula is C14H14ClN3. The molecule has 0 saturated carbocycles. The van der Waals surface area contributed by atoms with E-state index in [0.29, 0.717) is 5.28 Å². The minimum Gasteiger partial charge on any atom is -0.326 e. The maximum atomic E-state index is 5.88. The number of aryl methyl sites for hydroxylation is 1. The molecule has 0 radical (unpaired) electrons. The van der Waals surface area contributed by atoms with Crippen molar-refractivity contribution in [2.45, 2.75) is 19.3 Å². The van der Waals surface area contributed by atoms with E-state index < -0.39 is 0 Å². The molecule has 0 N–H and O–H groups in total. The summed E-state index contributed by atoms with van der Waals surface area (Å²) >= 11 is 5.88. The largest absolute Gasteiger partial charge is 0.326 e. The van der Waals surface area contributed by atoms with E-state index in [-0.39, 0.29) is 0 Å². The monoisotopic (exact) mass is 259 g/mol. The molecule has 18 heavy (non-hydrogen) atoms. The van der Waals surface area contributed by atoms with Gasteiger partial charge in [-0.3, -0.25) is 0 Å². The molecule has 0 aliphatic carbocycles. The lowest BCUT2D eigenvalue weighted by molar-refractivity contribution is 0.757. The fourth-order valence-electron chi connectivity index (χ4n) is 2.41. The zero-order chi connectivity index (χ0) is 12.4. The van der Waals surface area contributed by atoms with E-state index in [4.69, 9.17) is 11.6 Å². The van der Waals surface area contributed by atoms with Gasteiger partial charge in [-0.2, -0.15) is 0 Å². The molecule has 4 heteroatoms. The lowest BCUT2D eigenvalue weighted by atomic mass is 10.1. The van der Waals surface area contributed by atoms with Gasteiger partial charge in [0.25, 0.3) is 0 Å². The number of anilines is 2. The van der Waals surface area contributed by atoms with Gasteiger partial charge in [0, 0.05) is 18.4 Å². The summed E-state index contributed by atoms with van der Waals surface area (Å²) in [6.07, 6.45) is 5.21. The smallest absolute Gasteiger partial charge is 0.224 e. The third-order valence-electron chi connectivity index (χ3n) is 3.25. The van der Waals surface area contributed by atoms with Gasteiger partial charge in [-0.05, 0) is 48.6 Å². The summed E-state index contributed by atoms with van der Waals surface area (Å²) in [7, 11) is 0. The molecule has 0 bridgehead atoms. The number of aromatic nitrogens is 2. The summed E-state index contributed by atoms with van der Waals surface area (Å²) in [5, 5.41) is 0.300. The van der Waals surface area contributed by atoms with Crippen molar-refractivity contribution in [3.63, 3.8) is 0 Å². The summed E-state index contributed by atoms with van der Waals surface area (Å²) in [6, 6.07) is 10.4. The summed E-state index contributed by atoms with van der Waals surface area (Å²) in [5.41, 5.74) is 2.62. The number of para-hydroxylation sites is 1. The molecule has 0 saturated heterocycles. The first-order valence-corrected chi connectivity index (χ1v) is 6.56. The molecule has 0 atom stereocenters. The number of fused-ring (bicyclic) bond motifs is 1. The van der Waals surface area contributed by atoms with Gasteiger partial charge in [0.2, 0.25) is 5.28 Å². The van der Waals surface area contributed by atoms with Crippen LogP contribution in [0, 0.1) is 0 Å². The lowest BCUT2D eigenvalue weighted by Gasteiger charge is -2.23. The van der Waals surface area contributed by atoms with Crippen LogP contribution in [-0.2, 0) is 6.42 Å². The van der Waals surface area contributed by atoms with Gasteiger partial charge in [-0.15, -0.1) is 0 Å². The van der Waals surface area contributed by atoms with Gasteiger partial charge in [0.15, 0.2) is 0 Å². The van der Waals surface area contributed by atoms with Crippen molar-refractivity contribution in [1.29, 1.82) is 0 Å². The molecule has 2 aromatic rings. The molecule has 92 valence electrons. The Hall–Kier alpha value is -1.61. The van der Waals surface area contributed by atoms with Crippen LogP contribution in [0.4, 0.5) is 11.5 Å². The molecule has 0 unspecified atom stereocenters. The summed E-state index contributed by atoms with van der Waals surface area (Å²) in [5.74, 6) is 0.879. The SMILES string of the molecule is Clc1nccc(N2CCCCc3ccccc32)n1. The molecule has 0 fully saturated rings. The maximum Gasteiger partial charge on any atom is 0.224 e. The summed E-state index contributed by atoms with van der Waals surface area (Å²) in [4.78, 5) is 10.5. The first-order chi connectivity index (χ1) is 8.84. The quantitative estimate of drug-likeness (QED) is 0.733. The van der Waals surface area contributed by atoms with E-state index in [1.165, 1.54) is 17.7 Å². The van der Waals surface area contributed by atoms with Crippen LogP contribution < -0.4 is 4.90 Å². The predicted octanol–water partition coefficient (Wildman–Crippen LogP) is 3.60. The van der Waals surface area contributed by atoms with Gasteiger partial charge in [-0.1, -0.05) is 18.2 Å². The maximum absolute atomic E-state index is 5.88. The van der Waals surface area contributed by atoms with Gasteiger partial charge in [0.05, 0.1) is 0 Å². The summed E-state index contributed by atoms with van der Waals surface area (Å²) < 4.78 is 0. The third-order valence-corrected chi connectivity index (χ3v) is 3.43.